The Bertz CT molecular complexity index is 488. The van der Waals surface area contributed by atoms with Gasteiger partial charge in [0.1, 0.15) is 5.82 Å². The molecule has 1 aliphatic carbocycles. The number of nitrogens with zero attached hydrogens (tertiary/aromatic N) is 2. The SMILES string of the molecule is CCNc1cc(C(=O)N2CCCC3CCCC32)ccn1. The van der Waals surface area contributed by atoms with Crippen LogP contribution in [0.3, 0.4) is 0 Å². The van der Waals surface area contributed by atoms with Crippen LogP contribution in [0, 0.1) is 5.92 Å². The summed E-state index contributed by atoms with van der Waals surface area (Å²) in [5.41, 5.74) is 0.767. The van der Waals surface area contributed by atoms with Gasteiger partial charge in [-0.1, -0.05) is 6.42 Å². The lowest BCUT2D eigenvalue weighted by molar-refractivity contribution is 0.0548. The Morgan fingerprint density at radius 3 is 3.10 bits per heavy atom. The number of rotatable bonds is 3. The monoisotopic (exact) mass is 273 g/mol. The number of hydrogen-bond acceptors (Lipinski definition) is 3. The van der Waals surface area contributed by atoms with E-state index in [9.17, 15) is 4.79 Å². The fourth-order valence-corrected chi connectivity index (χ4v) is 3.71. The molecule has 2 atom stereocenters. The Labute approximate surface area is 120 Å². The number of hydrogen-bond donors (Lipinski definition) is 1. The van der Waals surface area contributed by atoms with E-state index in [4.69, 9.17) is 0 Å². The van der Waals surface area contributed by atoms with Crippen molar-refractivity contribution in [1.82, 2.24) is 9.88 Å². The highest BCUT2D eigenvalue weighted by Crippen LogP contribution is 2.37. The van der Waals surface area contributed by atoms with Gasteiger partial charge in [0.15, 0.2) is 0 Å². The summed E-state index contributed by atoms with van der Waals surface area (Å²) in [4.78, 5) is 19.1. The van der Waals surface area contributed by atoms with Crippen LogP contribution in [0.15, 0.2) is 18.3 Å². The van der Waals surface area contributed by atoms with Crippen molar-refractivity contribution in [2.75, 3.05) is 18.4 Å². The molecule has 2 unspecified atom stereocenters. The van der Waals surface area contributed by atoms with Crippen LogP contribution in [0.4, 0.5) is 5.82 Å². The second kappa shape index (κ2) is 5.81. The predicted octanol–water partition coefficient (Wildman–Crippen LogP) is 2.92. The van der Waals surface area contributed by atoms with Crippen LogP contribution >= 0.6 is 0 Å². The number of piperidine rings is 1. The number of anilines is 1. The molecule has 0 aromatic carbocycles. The Morgan fingerprint density at radius 2 is 2.25 bits per heavy atom. The van der Waals surface area contributed by atoms with Gasteiger partial charge in [-0.25, -0.2) is 4.98 Å². The first-order valence-corrected chi connectivity index (χ1v) is 7.80. The zero-order chi connectivity index (χ0) is 13.9. The van der Waals surface area contributed by atoms with E-state index in [1.54, 1.807) is 6.20 Å². The molecular formula is C16H23N3O. The van der Waals surface area contributed by atoms with Crippen molar-refractivity contribution < 1.29 is 4.79 Å². The number of carbonyl (C=O) groups excluding carboxylic acids is 1. The van der Waals surface area contributed by atoms with Crippen molar-refractivity contribution in [2.24, 2.45) is 5.92 Å². The lowest BCUT2D eigenvalue weighted by Gasteiger charge is -2.37. The van der Waals surface area contributed by atoms with Gasteiger partial charge in [-0.2, -0.15) is 0 Å². The Kier molecular flexibility index (Phi) is 3.90. The van der Waals surface area contributed by atoms with E-state index in [1.165, 1.54) is 25.7 Å². The van der Waals surface area contributed by atoms with Crippen LogP contribution in [0.5, 0.6) is 0 Å². The highest BCUT2D eigenvalue weighted by molar-refractivity contribution is 5.95. The highest BCUT2D eigenvalue weighted by atomic mass is 16.2. The summed E-state index contributed by atoms with van der Waals surface area (Å²) in [6.45, 7) is 3.77. The minimum Gasteiger partial charge on any atom is -0.370 e. The van der Waals surface area contributed by atoms with Gasteiger partial charge in [-0.05, 0) is 50.7 Å². The lowest BCUT2D eigenvalue weighted by Crippen LogP contribution is -2.46. The topological polar surface area (TPSA) is 45.2 Å². The standard InChI is InChI=1S/C16H23N3O/c1-2-17-15-11-13(8-9-18-15)16(20)19-10-4-6-12-5-3-7-14(12)19/h8-9,11-12,14H,2-7,10H2,1H3,(H,17,18). The zero-order valence-corrected chi connectivity index (χ0v) is 12.1. The van der Waals surface area contributed by atoms with Crippen molar-refractivity contribution in [3.05, 3.63) is 23.9 Å². The maximum atomic E-state index is 12.8. The van der Waals surface area contributed by atoms with E-state index in [-0.39, 0.29) is 5.91 Å². The number of pyridine rings is 1. The summed E-state index contributed by atoms with van der Waals surface area (Å²) in [6.07, 6.45) is 7.93. The first-order valence-electron chi connectivity index (χ1n) is 7.80. The number of carbonyl (C=O) groups is 1. The van der Waals surface area contributed by atoms with Crippen LogP contribution in [0.2, 0.25) is 0 Å². The molecule has 1 aromatic rings. The van der Waals surface area contributed by atoms with E-state index in [1.807, 2.05) is 19.1 Å². The van der Waals surface area contributed by atoms with Crippen LogP contribution < -0.4 is 5.32 Å². The average molecular weight is 273 g/mol. The molecule has 1 N–H and O–H groups in total. The van der Waals surface area contributed by atoms with Crippen molar-refractivity contribution in [1.29, 1.82) is 0 Å². The number of likely N-dealkylation sites (tertiary alicyclic amines) is 1. The fourth-order valence-electron chi connectivity index (χ4n) is 3.71. The minimum absolute atomic E-state index is 0.183. The molecule has 2 fully saturated rings. The summed E-state index contributed by atoms with van der Waals surface area (Å²) in [7, 11) is 0. The van der Waals surface area contributed by atoms with Crippen LogP contribution in [-0.2, 0) is 0 Å². The molecule has 0 spiro atoms. The molecule has 0 radical (unpaired) electrons. The third-order valence-electron chi connectivity index (χ3n) is 4.62. The van der Waals surface area contributed by atoms with Crippen molar-refractivity contribution >= 4 is 11.7 Å². The maximum Gasteiger partial charge on any atom is 0.254 e. The van der Waals surface area contributed by atoms with E-state index < -0.39 is 0 Å². The fraction of sp³-hybridized carbons (Fsp3) is 0.625. The van der Waals surface area contributed by atoms with Crippen molar-refractivity contribution in [3.8, 4) is 0 Å². The molecule has 1 aromatic heterocycles. The van der Waals surface area contributed by atoms with Crippen LogP contribution in [0.1, 0.15) is 49.4 Å². The van der Waals surface area contributed by atoms with Gasteiger partial charge in [0, 0.05) is 30.9 Å². The molecule has 0 bridgehead atoms. The molecule has 20 heavy (non-hydrogen) atoms. The molecule has 1 aliphatic heterocycles. The Balaban J connectivity index is 1.79. The quantitative estimate of drug-likeness (QED) is 0.921. The third kappa shape index (κ3) is 2.51. The molecule has 1 amide bonds. The van der Waals surface area contributed by atoms with E-state index in [0.717, 1.165) is 36.8 Å². The number of fused-ring (bicyclic) bond motifs is 1. The summed E-state index contributed by atoms with van der Waals surface area (Å²) in [5.74, 6) is 1.71. The van der Waals surface area contributed by atoms with E-state index in [2.05, 4.69) is 15.2 Å². The second-order valence-corrected chi connectivity index (χ2v) is 5.86. The molecule has 108 valence electrons. The molecule has 2 heterocycles. The lowest BCUT2D eigenvalue weighted by atomic mass is 9.91. The molecule has 4 nitrogen and oxygen atoms in total. The van der Waals surface area contributed by atoms with Gasteiger partial charge in [0.25, 0.3) is 5.91 Å². The summed E-state index contributed by atoms with van der Waals surface area (Å²) >= 11 is 0. The Morgan fingerprint density at radius 1 is 1.40 bits per heavy atom. The van der Waals surface area contributed by atoms with Crippen LogP contribution in [-0.4, -0.2) is 34.9 Å². The van der Waals surface area contributed by atoms with Crippen molar-refractivity contribution in [2.45, 2.75) is 45.1 Å². The zero-order valence-electron chi connectivity index (χ0n) is 12.1. The summed E-state index contributed by atoms with van der Waals surface area (Å²) in [6, 6.07) is 4.19. The molecule has 2 aliphatic rings. The normalized spacial score (nSPS) is 25.4. The van der Waals surface area contributed by atoms with Crippen LogP contribution in [0.25, 0.3) is 0 Å². The largest absolute Gasteiger partial charge is 0.370 e. The summed E-state index contributed by atoms with van der Waals surface area (Å²) in [5, 5.41) is 3.17. The summed E-state index contributed by atoms with van der Waals surface area (Å²) < 4.78 is 0. The van der Waals surface area contributed by atoms with E-state index in [0.29, 0.717) is 6.04 Å². The smallest absolute Gasteiger partial charge is 0.254 e. The third-order valence-corrected chi connectivity index (χ3v) is 4.62. The number of nitrogens with one attached hydrogen (secondary N) is 1. The second-order valence-electron chi connectivity index (χ2n) is 5.86. The van der Waals surface area contributed by atoms with Gasteiger partial charge < -0.3 is 10.2 Å². The molecule has 1 saturated carbocycles. The molecule has 3 rings (SSSR count). The van der Waals surface area contributed by atoms with Gasteiger partial charge in [0.05, 0.1) is 0 Å². The van der Waals surface area contributed by atoms with Gasteiger partial charge in [-0.15, -0.1) is 0 Å². The highest BCUT2D eigenvalue weighted by Gasteiger charge is 2.37. The van der Waals surface area contributed by atoms with Crippen molar-refractivity contribution in [3.63, 3.8) is 0 Å². The first-order chi connectivity index (χ1) is 9.79. The van der Waals surface area contributed by atoms with Gasteiger partial charge >= 0.3 is 0 Å². The molecule has 4 heteroatoms. The number of aromatic nitrogens is 1. The molecular weight excluding hydrogens is 250 g/mol. The predicted molar refractivity (Wildman–Crippen MR) is 79.8 cm³/mol. The van der Waals surface area contributed by atoms with Gasteiger partial charge in [0.2, 0.25) is 0 Å². The average Bonchev–Trinajstić information content (AvgIpc) is 2.95. The Hall–Kier alpha value is -1.58. The number of amides is 1. The first kappa shape index (κ1) is 13.4. The van der Waals surface area contributed by atoms with Gasteiger partial charge in [-0.3, -0.25) is 4.79 Å². The minimum atomic E-state index is 0.183. The molecule has 1 saturated heterocycles. The van der Waals surface area contributed by atoms with E-state index >= 15 is 0 Å². The maximum absolute atomic E-state index is 12.8.